The number of carbonyl (C=O) groups excluding carboxylic acids is 1. The van der Waals surface area contributed by atoms with Crippen LogP contribution in [0.4, 0.5) is 5.13 Å². The molecule has 0 aliphatic heterocycles. The minimum Gasteiger partial charge on any atom is -0.465 e. The Labute approximate surface area is 163 Å². The number of carbonyl (C=O) groups is 1. The molecule has 0 spiro atoms. The first-order valence-electron chi connectivity index (χ1n) is 8.05. The number of thiazole rings is 1. The molecular weight excluding hydrogens is 412 g/mol. The van der Waals surface area contributed by atoms with Crippen LogP contribution < -0.4 is 5.32 Å². The molecule has 0 radical (unpaired) electrons. The van der Waals surface area contributed by atoms with Gasteiger partial charge in [0.15, 0.2) is 5.13 Å². The molecule has 2 heterocycles. The lowest BCUT2D eigenvalue weighted by Crippen LogP contribution is -2.12. The van der Waals surface area contributed by atoms with Crippen molar-refractivity contribution in [2.24, 2.45) is 0 Å². The number of rotatable bonds is 3. The van der Waals surface area contributed by atoms with Gasteiger partial charge in [-0.25, -0.2) is 4.98 Å². The number of hydrogen-bond donors (Lipinski definition) is 1. The van der Waals surface area contributed by atoms with Crippen molar-refractivity contribution in [3.05, 3.63) is 69.4 Å². The lowest BCUT2D eigenvalue weighted by atomic mass is 10.0. The smallest absolute Gasteiger partial charge is 0.262 e. The Morgan fingerprint density at radius 2 is 1.88 bits per heavy atom. The molecule has 130 valence electrons. The van der Waals surface area contributed by atoms with Crippen molar-refractivity contribution >= 4 is 49.1 Å². The van der Waals surface area contributed by atoms with Gasteiger partial charge in [-0.05, 0) is 40.5 Å². The Morgan fingerprint density at radius 3 is 2.65 bits per heavy atom. The maximum Gasteiger partial charge on any atom is 0.262 e. The highest BCUT2D eigenvalue weighted by Gasteiger charge is 2.21. The number of furan rings is 1. The van der Waals surface area contributed by atoms with Gasteiger partial charge in [-0.1, -0.05) is 42.5 Å². The molecule has 2 aromatic heterocycles. The van der Waals surface area contributed by atoms with Gasteiger partial charge in [0.25, 0.3) is 5.91 Å². The minimum atomic E-state index is -0.231. The Bertz CT molecular complexity index is 1120. The molecule has 0 aliphatic rings. The normalized spacial score (nSPS) is 11.0. The zero-order valence-electron chi connectivity index (χ0n) is 14.2. The van der Waals surface area contributed by atoms with E-state index in [1.165, 1.54) is 11.3 Å². The molecule has 0 unspecified atom stereocenters. The van der Waals surface area contributed by atoms with E-state index in [4.69, 9.17) is 4.42 Å². The summed E-state index contributed by atoms with van der Waals surface area (Å²) in [6.07, 6.45) is 0. The predicted molar refractivity (Wildman–Crippen MR) is 109 cm³/mol. The maximum atomic E-state index is 12.6. The van der Waals surface area contributed by atoms with Gasteiger partial charge < -0.3 is 4.42 Å². The van der Waals surface area contributed by atoms with Crippen LogP contribution in [-0.4, -0.2) is 10.9 Å². The van der Waals surface area contributed by atoms with Crippen molar-refractivity contribution in [1.82, 2.24) is 4.98 Å². The fourth-order valence-corrected chi connectivity index (χ4v) is 4.22. The summed E-state index contributed by atoms with van der Waals surface area (Å²) >= 11 is 4.82. The third-order valence-electron chi connectivity index (χ3n) is 4.20. The van der Waals surface area contributed by atoms with Crippen LogP contribution in [0.5, 0.6) is 0 Å². The van der Waals surface area contributed by atoms with E-state index in [0.29, 0.717) is 26.7 Å². The lowest BCUT2D eigenvalue weighted by molar-refractivity contribution is 0.102. The highest BCUT2D eigenvalue weighted by Crippen LogP contribution is 2.32. The molecule has 0 saturated carbocycles. The fourth-order valence-electron chi connectivity index (χ4n) is 2.98. The van der Waals surface area contributed by atoms with E-state index in [1.54, 1.807) is 6.92 Å². The molecule has 26 heavy (non-hydrogen) atoms. The van der Waals surface area contributed by atoms with E-state index in [1.807, 2.05) is 36.6 Å². The maximum absolute atomic E-state index is 12.6. The third kappa shape index (κ3) is 2.95. The third-order valence-corrected chi connectivity index (χ3v) is 5.92. The van der Waals surface area contributed by atoms with Gasteiger partial charge in [-0.3, -0.25) is 10.1 Å². The van der Waals surface area contributed by atoms with Crippen LogP contribution in [0.2, 0.25) is 0 Å². The molecule has 4 aromatic rings. The van der Waals surface area contributed by atoms with Gasteiger partial charge >= 0.3 is 0 Å². The molecule has 0 aliphatic carbocycles. The van der Waals surface area contributed by atoms with Gasteiger partial charge in [-0.2, -0.15) is 0 Å². The van der Waals surface area contributed by atoms with Crippen LogP contribution in [0, 0.1) is 13.8 Å². The number of nitrogens with one attached hydrogen (secondary N) is 1. The first-order chi connectivity index (χ1) is 12.5. The summed E-state index contributed by atoms with van der Waals surface area (Å²) in [7, 11) is 0. The Hall–Kier alpha value is -2.44. The van der Waals surface area contributed by atoms with Crippen molar-refractivity contribution in [1.29, 1.82) is 0 Å². The molecule has 0 fully saturated rings. The van der Waals surface area contributed by atoms with Gasteiger partial charge in [0.1, 0.15) is 11.5 Å². The quantitative estimate of drug-likeness (QED) is 0.424. The summed E-state index contributed by atoms with van der Waals surface area (Å²) < 4.78 is 6.18. The van der Waals surface area contributed by atoms with Crippen molar-refractivity contribution in [2.75, 3.05) is 5.32 Å². The first-order valence-corrected chi connectivity index (χ1v) is 9.72. The topological polar surface area (TPSA) is 55.1 Å². The molecular formula is C20H15BrN2O2S. The van der Waals surface area contributed by atoms with E-state index >= 15 is 0 Å². The Kier molecular flexibility index (Phi) is 4.38. The largest absolute Gasteiger partial charge is 0.465 e. The van der Waals surface area contributed by atoms with Crippen LogP contribution in [0.15, 0.2) is 56.7 Å². The van der Waals surface area contributed by atoms with E-state index in [0.717, 1.165) is 22.0 Å². The van der Waals surface area contributed by atoms with Gasteiger partial charge in [0, 0.05) is 10.9 Å². The molecule has 1 N–H and O–H groups in total. The second-order valence-electron chi connectivity index (χ2n) is 5.92. The monoisotopic (exact) mass is 426 g/mol. The summed E-state index contributed by atoms with van der Waals surface area (Å²) in [5.41, 5.74) is 2.40. The first kappa shape index (κ1) is 17.0. The Morgan fingerprint density at radius 1 is 1.12 bits per heavy atom. The molecule has 0 saturated heterocycles. The SMILES string of the molecule is Cc1oc(C)c(C(=O)Nc2nc(-c3cccc4ccccc34)cs2)c1Br. The number of aryl methyl sites for hydroxylation is 2. The second kappa shape index (κ2) is 6.70. The average Bonchev–Trinajstić information content (AvgIpc) is 3.18. The average molecular weight is 427 g/mol. The molecule has 4 rings (SSSR count). The van der Waals surface area contributed by atoms with Gasteiger partial charge in [0.05, 0.1) is 15.7 Å². The molecule has 6 heteroatoms. The minimum absolute atomic E-state index is 0.231. The van der Waals surface area contributed by atoms with Gasteiger partial charge in [-0.15, -0.1) is 11.3 Å². The van der Waals surface area contributed by atoms with Crippen molar-refractivity contribution in [3.63, 3.8) is 0 Å². The fraction of sp³-hybridized carbons (Fsp3) is 0.100. The molecule has 2 aromatic carbocycles. The lowest BCUT2D eigenvalue weighted by Gasteiger charge is -2.04. The standard InChI is InChI=1S/C20H15BrN2O2S/c1-11-17(18(21)12(2)25-11)19(24)23-20-22-16(10-26-20)15-9-5-7-13-6-3-4-8-14(13)15/h3-10H,1-2H3,(H,22,23,24). The summed E-state index contributed by atoms with van der Waals surface area (Å²) in [5.74, 6) is 1.03. The molecule has 4 nitrogen and oxygen atoms in total. The Balaban J connectivity index is 1.65. The molecule has 0 bridgehead atoms. The van der Waals surface area contributed by atoms with E-state index in [-0.39, 0.29) is 5.91 Å². The predicted octanol–water partition coefficient (Wildman–Crippen LogP) is 6.19. The number of halogens is 1. The second-order valence-corrected chi connectivity index (χ2v) is 7.57. The van der Waals surface area contributed by atoms with Crippen molar-refractivity contribution in [2.45, 2.75) is 13.8 Å². The molecule has 0 atom stereocenters. The van der Waals surface area contributed by atoms with Crippen LogP contribution in [0.25, 0.3) is 22.0 Å². The number of hydrogen-bond acceptors (Lipinski definition) is 4. The summed E-state index contributed by atoms with van der Waals surface area (Å²) in [6.45, 7) is 3.59. The van der Waals surface area contributed by atoms with Crippen molar-refractivity contribution in [3.8, 4) is 11.3 Å². The van der Waals surface area contributed by atoms with Crippen molar-refractivity contribution < 1.29 is 9.21 Å². The highest BCUT2D eigenvalue weighted by atomic mass is 79.9. The van der Waals surface area contributed by atoms with Crippen LogP contribution >= 0.6 is 27.3 Å². The summed E-state index contributed by atoms with van der Waals surface area (Å²) in [4.78, 5) is 17.2. The highest BCUT2D eigenvalue weighted by molar-refractivity contribution is 9.10. The number of nitrogens with zero attached hydrogens (tertiary/aromatic N) is 1. The van der Waals surface area contributed by atoms with E-state index < -0.39 is 0 Å². The van der Waals surface area contributed by atoms with Gasteiger partial charge in [0.2, 0.25) is 0 Å². The number of benzene rings is 2. The van der Waals surface area contributed by atoms with E-state index in [9.17, 15) is 4.79 Å². The number of amides is 1. The van der Waals surface area contributed by atoms with Crippen LogP contribution in [0.1, 0.15) is 21.9 Å². The van der Waals surface area contributed by atoms with Crippen LogP contribution in [0.3, 0.4) is 0 Å². The molecule has 1 amide bonds. The number of anilines is 1. The van der Waals surface area contributed by atoms with E-state index in [2.05, 4.69) is 44.4 Å². The zero-order chi connectivity index (χ0) is 18.3. The zero-order valence-corrected chi connectivity index (χ0v) is 16.6. The van der Waals surface area contributed by atoms with Crippen LogP contribution in [-0.2, 0) is 0 Å². The number of fused-ring (bicyclic) bond motifs is 1. The summed E-state index contributed by atoms with van der Waals surface area (Å²) in [6, 6.07) is 14.3. The number of aromatic nitrogens is 1. The summed E-state index contributed by atoms with van der Waals surface area (Å²) in [5, 5.41) is 7.69.